The fraction of sp³-hybridized carbons (Fsp3) is 0.500. The summed E-state index contributed by atoms with van der Waals surface area (Å²) in [5, 5.41) is 2.90. The van der Waals surface area contributed by atoms with Crippen LogP contribution in [0.1, 0.15) is 43.9 Å². The smallest absolute Gasteiger partial charge is 0.267 e. The number of hydrogen-bond acceptors (Lipinski definition) is 3. The third-order valence-electron chi connectivity index (χ3n) is 4.61. The Hall–Kier alpha value is -2.17. The molecule has 1 aliphatic rings. The van der Waals surface area contributed by atoms with Crippen LogP contribution in [0.5, 0.6) is 11.5 Å². The summed E-state index contributed by atoms with van der Waals surface area (Å²) in [5.74, 6) is 1.47. The van der Waals surface area contributed by atoms with Crippen molar-refractivity contribution in [3.63, 3.8) is 0 Å². The molecular formula is C18H24N2O3. The highest BCUT2D eigenvalue weighted by molar-refractivity contribution is 5.49. The minimum absolute atomic E-state index is 0.0286. The lowest BCUT2D eigenvalue weighted by Gasteiger charge is -2.17. The average molecular weight is 316 g/mol. The van der Waals surface area contributed by atoms with Gasteiger partial charge in [-0.2, -0.15) is 0 Å². The maximum absolute atomic E-state index is 12.0. The normalized spacial score (nSPS) is 15.1. The van der Waals surface area contributed by atoms with Gasteiger partial charge in [-0.1, -0.05) is 6.92 Å². The van der Waals surface area contributed by atoms with Crippen molar-refractivity contribution in [2.75, 3.05) is 7.11 Å². The van der Waals surface area contributed by atoms with E-state index in [1.54, 1.807) is 7.11 Å². The molecule has 1 aromatic carbocycles. The highest BCUT2D eigenvalue weighted by atomic mass is 16.5. The zero-order valence-electron chi connectivity index (χ0n) is 14.0. The number of ether oxygens (including phenoxy) is 2. The third kappa shape index (κ3) is 3.00. The van der Waals surface area contributed by atoms with Gasteiger partial charge in [-0.05, 0) is 51.2 Å². The van der Waals surface area contributed by atoms with Crippen LogP contribution in [0.15, 0.2) is 23.0 Å². The summed E-state index contributed by atoms with van der Waals surface area (Å²) in [6, 6.07) is 5.77. The quantitative estimate of drug-likeness (QED) is 0.920. The molecule has 1 saturated carbocycles. The summed E-state index contributed by atoms with van der Waals surface area (Å²) in [4.78, 5) is 12.0. The predicted octanol–water partition coefficient (Wildman–Crippen LogP) is 3.37. The Morgan fingerprint density at radius 3 is 2.61 bits per heavy atom. The van der Waals surface area contributed by atoms with Gasteiger partial charge in [0, 0.05) is 17.3 Å². The third-order valence-corrected chi connectivity index (χ3v) is 4.61. The van der Waals surface area contributed by atoms with Crippen LogP contribution in [0, 0.1) is 6.92 Å². The van der Waals surface area contributed by atoms with E-state index in [1.165, 1.54) is 12.8 Å². The molecule has 1 fully saturated rings. The van der Waals surface area contributed by atoms with Gasteiger partial charge < -0.3 is 9.47 Å². The number of nitrogens with zero attached hydrogens (tertiary/aromatic N) is 1. The molecule has 1 aromatic heterocycles. The first-order valence-corrected chi connectivity index (χ1v) is 8.29. The van der Waals surface area contributed by atoms with E-state index in [1.807, 2.05) is 36.7 Å². The van der Waals surface area contributed by atoms with Crippen LogP contribution in [-0.4, -0.2) is 23.0 Å². The number of benzene rings is 1. The van der Waals surface area contributed by atoms with Crippen LogP contribution in [0.2, 0.25) is 0 Å². The number of methoxy groups -OCH3 is 1. The maximum atomic E-state index is 12.0. The number of rotatable bonds is 5. The molecule has 0 radical (unpaired) electrons. The molecule has 0 atom stereocenters. The van der Waals surface area contributed by atoms with E-state index in [2.05, 4.69) is 5.10 Å². The molecule has 5 heteroatoms. The molecule has 0 bridgehead atoms. The second-order valence-electron chi connectivity index (χ2n) is 6.05. The van der Waals surface area contributed by atoms with E-state index in [9.17, 15) is 4.79 Å². The molecule has 1 heterocycles. The molecule has 23 heavy (non-hydrogen) atoms. The Kier molecular flexibility index (Phi) is 4.46. The number of aromatic amines is 1. The van der Waals surface area contributed by atoms with E-state index in [0.717, 1.165) is 47.7 Å². The zero-order valence-corrected chi connectivity index (χ0v) is 14.0. The van der Waals surface area contributed by atoms with Crippen LogP contribution >= 0.6 is 0 Å². The van der Waals surface area contributed by atoms with Gasteiger partial charge in [-0.15, -0.1) is 0 Å². The van der Waals surface area contributed by atoms with E-state index in [0.29, 0.717) is 0 Å². The van der Waals surface area contributed by atoms with Crippen molar-refractivity contribution in [1.29, 1.82) is 0 Å². The van der Waals surface area contributed by atoms with Crippen molar-refractivity contribution in [2.45, 2.75) is 52.1 Å². The SMILES string of the molecule is CCc1c(C)n(-c2ccc(OC)c(OC3CCCC3)c2)[nH]c1=O. The van der Waals surface area contributed by atoms with E-state index >= 15 is 0 Å². The summed E-state index contributed by atoms with van der Waals surface area (Å²) in [5.41, 5.74) is 2.61. The lowest BCUT2D eigenvalue weighted by atomic mass is 10.2. The molecule has 0 amide bonds. The highest BCUT2D eigenvalue weighted by Gasteiger charge is 2.19. The fourth-order valence-corrected chi connectivity index (χ4v) is 3.31. The molecule has 0 saturated heterocycles. The molecule has 124 valence electrons. The van der Waals surface area contributed by atoms with Gasteiger partial charge in [-0.25, -0.2) is 0 Å². The van der Waals surface area contributed by atoms with Gasteiger partial charge in [0.1, 0.15) is 0 Å². The van der Waals surface area contributed by atoms with Crippen molar-refractivity contribution in [2.24, 2.45) is 0 Å². The summed E-state index contributed by atoms with van der Waals surface area (Å²) in [6.07, 6.45) is 5.60. The Balaban J connectivity index is 1.98. The number of aromatic nitrogens is 2. The summed E-state index contributed by atoms with van der Waals surface area (Å²) in [6.45, 7) is 3.95. The van der Waals surface area contributed by atoms with E-state index < -0.39 is 0 Å². The van der Waals surface area contributed by atoms with Crippen molar-refractivity contribution < 1.29 is 9.47 Å². The molecule has 0 aliphatic heterocycles. The standard InChI is InChI=1S/C18H24N2O3/c1-4-15-12(2)20(19-18(15)21)13-9-10-16(22-3)17(11-13)23-14-7-5-6-8-14/h9-11,14H,4-8H2,1-3H3,(H,19,21). The molecule has 1 aliphatic carbocycles. The van der Waals surface area contributed by atoms with Gasteiger partial charge in [0.2, 0.25) is 0 Å². The minimum Gasteiger partial charge on any atom is -0.493 e. The van der Waals surface area contributed by atoms with Crippen LogP contribution in [0.4, 0.5) is 0 Å². The van der Waals surface area contributed by atoms with Gasteiger partial charge in [-0.3, -0.25) is 14.6 Å². The van der Waals surface area contributed by atoms with Crippen LogP contribution in [0.3, 0.4) is 0 Å². The number of H-pyrrole nitrogens is 1. The van der Waals surface area contributed by atoms with Crippen LogP contribution in [0.25, 0.3) is 5.69 Å². The topological polar surface area (TPSA) is 56.2 Å². The molecule has 5 nitrogen and oxygen atoms in total. The molecule has 0 spiro atoms. The van der Waals surface area contributed by atoms with Crippen molar-refractivity contribution in [3.05, 3.63) is 39.8 Å². The minimum atomic E-state index is -0.0286. The average Bonchev–Trinajstić information content (AvgIpc) is 3.15. The van der Waals surface area contributed by atoms with Gasteiger partial charge in [0.15, 0.2) is 11.5 Å². The van der Waals surface area contributed by atoms with Crippen molar-refractivity contribution >= 4 is 0 Å². The Bertz CT molecular complexity index is 739. The Morgan fingerprint density at radius 1 is 1.26 bits per heavy atom. The van der Waals surface area contributed by atoms with Gasteiger partial charge in [0.05, 0.1) is 18.9 Å². The fourth-order valence-electron chi connectivity index (χ4n) is 3.31. The molecule has 2 aromatic rings. The van der Waals surface area contributed by atoms with Gasteiger partial charge >= 0.3 is 0 Å². The molecule has 0 unspecified atom stereocenters. The van der Waals surface area contributed by atoms with E-state index in [-0.39, 0.29) is 11.7 Å². The lowest BCUT2D eigenvalue weighted by Crippen LogP contribution is -2.12. The monoisotopic (exact) mass is 316 g/mol. The first-order chi connectivity index (χ1) is 11.1. The van der Waals surface area contributed by atoms with Crippen molar-refractivity contribution in [3.8, 4) is 17.2 Å². The first kappa shape index (κ1) is 15.7. The van der Waals surface area contributed by atoms with Gasteiger partial charge in [0.25, 0.3) is 5.56 Å². The predicted molar refractivity (Wildman–Crippen MR) is 89.9 cm³/mol. The summed E-state index contributed by atoms with van der Waals surface area (Å²) < 4.78 is 13.4. The van der Waals surface area contributed by atoms with Crippen molar-refractivity contribution in [1.82, 2.24) is 9.78 Å². The molecule has 1 N–H and O–H groups in total. The largest absolute Gasteiger partial charge is 0.493 e. The first-order valence-electron chi connectivity index (χ1n) is 8.29. The molecule has 3 rings (SSSR count). The van der Waals surface area contributed by atoms with E-state index in [4.69, 9.17) is 9.47 Å². The number of nitrogens with one attached hydrogen (secondary N) is 1. The Morgan fingerprint density at radius 2 is 2.00 bits per heavy atom. The van der Waals surface area contributed by atoms with Crippen LogP contribution < -0.4 is 15.0 Å². The zero-order chi connectivity index (χ0) is 16.4. The maximum Gasteiger partial charge on any atom is 0.267 e. The second kappa shape index (κ2) is 6.52. The highest BCUT2D eigenvalue weighted by Crippen LogP contribution is 2.33. The summed E-state index contributed by atoms with van der Waals surface area (Å²) >= 11 is 0. The molecular weight excluding hydrogens is 292 g/mol. The van der Waals surface area contributed by atoms with Crippen LogP contribution in [-0.2, 0) is 6.42 Å². The second-order valence-corrected chi connectivity index (χ2v) is 6.05. The number of hydrogen-bond donors (Lipinski definition) is 1. The summed E-state index contributed by atoms with van der Waals surface area (Å²) in [7, 11) is 1.65. The Labute approximate surface area is 136 Å². The lowest BCUT2D eigenvalue weighted by molar-refractivity contribution is 0.200.